The number of anilines is 1. The van der Waals surface area contributed by atoms with E-state index >= 15 is 0 Å². The Labute approximate surface area is 221 Å². The van der Waals surface area contributed by atoms with Crippen molar-refractivity contribution in [2.75, 3.05) is 24.5 Å². The van der Waals surface area contributed by atoms with Gasteiger partial charge in [-0.05, 0) is 103 Å². The Bertz CT molecular complexity index is 912. The Morgan fingerprint density at radius 1 is 1.08 bits per heavy atom. The minimum atomic E-state index is -1.20. The lowest BCUT2D eigenvalue weighted by molar-refractivity contribution is 0.0493. The van der Waals surface area contributed by atoms with Gasteiger partial charge in [-0.25, -0.2) is 4.79 Å². The van der Waals surface area contributed by atoms with Crippen LogP contribution in [0.25, 0.3) is 0 Å². The molecule has 2 aliphatic heterocycles. The number of likely N-dealkylation sites (tertiary alicyclic amines) is 1. The van der Waals surface area contributed by atoms with E-state index < -0.39 is 17.0 Å². The Balaban J connectivity index is 1.57. The Morgan fingerprint density at radius 2 is 1.78 bits per heavy atom. The molecule has 1 aromatic rings. The van der Waals surface area contributed by atoms with Crippen molar-refractivity contribution >= 4 is 23.1 Å². The normalized spacial score (nSPS) is 23.9. The molecule has 4 rings (SSSR count). The minimum absolute atomic E-state index is 0.0651. The number of piperidine rings is 1. The molecule has 1 spiro atoms. The molecule has 0 radical (unpaired) electrons. The van der Waals surface area contributed by atoms with E-state index in [-0.39, 0.29) is 16.9 Å². The van der Waals surface area contributed by atoms with Gasteiger partial charge in [-0.1, -0.05) is 31.4 Å². The second-order valence-corrected chi connectivity index (χ2v) is 15.2. The lowest BCUT2D eigenvalue weighted by atomic mass is 9.69. The first-order valence-electron chi connectivity index (χ1n) is 13.9. The van der Waals surface area contributed by atoms with Crippen LogP contribution in [0.5, 0.6) is 0 Å². The molecule has 2 heterocycles. The predicted octanol–water partition coefficient (Wildman–Crippen LogP) is 6.47. The van der Waals surface area contributed by atoms with E-state index in [1.165, 1.54) is 57.1 Å². The van der Waals surface area contributed by atoms with Gasteiger partial charge in [0.1, 0.15) is 10.3 Å². The zero-order valence-electron chi connectivity index (χ0n) is 23.3. The SMILES string of the molecule is CC(C)(C)OC(=O)N1CC[C@@H](N[S+]([O-])C(C)(C)C)c2cc(CN3CCCC4(CCCCC4)C3)ccc21. The lowest BCUT2D eigenvalue weighted by Gasteiger charge is -2.45. The molecule has 36 heavy (non-hydrogen) atoms. The average Bonchev–Trinajstić information content (AvgIpc) is 2.78. The van der Waals surface area contributed by atoms with Crippen LogP contribution in [0.15, 0.2) is 18.2 Å². The molecule has 3 aliphatic rings. The van der Waals surface area contributed by atoms with Gasteiger partial charge in [-0.15, -0.1) is 4.72 Å². The molecule has 1 aromatic carbocycles. The van der Waals surface area contributed by atoms with Crippen molar-refractivity contribution in [2.24, 2.45) is 5.41 Å². The first-order valence-corrected chi connectivity index (χ1v) is 15.0. The summed E-state index contributed by atoms with van der Waals surface area (Å²) in [5.41, 5.74) is 3.15. The summed E-state index contributed by atoms with van der Waals surface area (Å²) in [5, 5.41) is 0. The van der Waals surface area contributed by atoms with Crippen molar-refractivity contribution in [3.8, 4) is 0 Å². The molecule has 2 fully saturated rings. The summed E-state index contributed by atoms with van der Waals surface area (Å²) >= 11 is -1.20. The summed E-state index contributed by atoms with van der Waals surface area (Å²) in [6, 6.07) is 6.42. The molecule has 1 saturated heterocycles. The van der Waals surface area contributed by atoms with Crippen molar-refractivity contribution < 1.29 is 14.1 Å². The van der Waals surface area contributed by atoms with Crippen LogP contribution in [0.3, 0.4) is 0 Å². The second-order valence-electron chi connectivity index (χ2n) is 13.2. The number of amides is 1. The molecule has 1 amide bonds. The second kappa shape index (κ2) is 10.8. The third-order valence-electron chi connectivity index (χ3n) is 7.88. The van der Waals surface area contributed by atoms with Gasteiger partial charge in [0, 0.05) is 31.0 Å². The molecule has 1 saturated carbocycles. The molecule has 7 heteroatoms. The van der Waals surface area contributed by atoms with E-state index in [2.05, 4.69) is 27.8 Å². The van der Waals surface area contributed by atoms with Crippen molar-refractivity contribution in [1.82, 2.24) is 9.62 Å². The monoisotopic (exact) mass is 517 g/mol. The van der Waals surface area contributed by atoms with Crippen LogP contribution < -0.4 is 9.62 Å². The van der Waals surface area contributed by atoms with Gasteiger partial charge in [-0.2, -0.15) is 0 Å². The maximum absolute atomic E-state index is 13.1. The zero-order chi connectivity index (χ0) is 26.1. The third-order valence-corrected chi connectivity index (χ3v) is 9.49. The van der Waals surface area contributed by atoms with Crippen LogP contribution in [0.4, 0.5) is 10.5 Å². The number of carbonyl (C=O) groups excluding carboxylic acids is 1. The molecule has 0 bridgehead atoms. The number of nitrogens with one attached hydrogen (secondary N) is 1. The largest absolute Gasteiger partial charge is 0.598 e. The fraction of sp³-hybridized carbons (Fsp3) is 0.759. The molecule has 6 nitrogen and oxygen atoms in total. The molecule has 0 aromatic heterocycles. The Hall–Kier alpha value is -1.28. The summed E-state index contributed by atoms with van der Waals surface area (Å²) in [4.78, 5) is 17.4. The standard InChI is InChI=1S/C29H47N3O3S/c1-27(2,3)35-26(33)32-18-13-24(30-36(34)28(4,5)6)23-19-22(11-12-25(23)32)20-31-17-10-16-29(21-31)14-8-7-9-15-29/h11-12,19,24,30H,7-10,13-18,20-21H2,1-6H3/t24-,36?/m1/s1. The van der Waals surface area contributed by atoms with E-state index in [4.69, 9.17) is 4.74 Å². The summed E-state index contributed by atoms with van der Waals surface area (Å²) in [6.07, 6.45) is 9.95. The highest BCUT2D eigenvalue weighted by atomic mass is 32.2. The van der Waals surface area contributed by atoms with Crippen molar-refractivity contribution in [2.45, 2.75) is 116 Å². The van der Waals surface area contributed by atoms with Crippen LogP contribution >= 0.6 is 0 Å². The van der Waals surface area contributed by atoms with Crippen molar-refractivity contribution in [3.05, 3.63) is 29.3 Å². The molecule has 1 unspecified atom stereocenters. The van der Waals surface area contributed by atoms with Gasteiger partial charge in [0.25, 0.3) is 0 Å². The number of rotatable bonds is 4. The van der Waals surface area contributed by atoms with Crippen LogP contribution in [0.2, 0.25) is 0 Å². The highest BCUT2D eigenvalue weighted by Crippen LogP contribution is 2.44. The van der Waals surface area contributed by atoms with Gasteiger partial charge in [-0.3, -0.25) is 9.80 Å². The van der Waals surface area contributed by atoms with E-state index in [1.54, 1.807) is 4.90 Å². The molecular weight excluding hydrogens is 470 g/mol. The predicted molar refractivity (Wildman–Crippen MR) is 148 cm³/mol. The Morgan fingerprint density at radius 3 is 2.44 bits per heavy atom. The van der Waals surface area contributed by atoms with Gasteiger partial charge in [0.2, 0.25) is 0 Å². The maximum atomic E-state index is 13.1. The number of fused-ring (bicyclic) bond motifs is 1. The number of hydrogen-bond donors (Lipinski definition) is 1. The molecule has 1 aliphatic carbocycles. The molecule has 1 N–H and O–H groups in total. The first kappa shape index (κ1) is 27.7. The summed E-state index contributed by atoms with van der Waals surface area (Å²) < 4.78 is 21.7. The van der Waals surface area contributed by atoms with E-state index in [0.717, 1.165) is 24.3 Å². The number of nitrogens with zero attached hydrogens (tertiary/aromatic N) is 2. The maximum Gasteiger partial charge on any atom is 0.414 e. The lowest BCUT2D eigenvalue weighted by Crippen LogP contribution is -2.46. The summed E-state index contributed by atoms with van der Waals surface area (Å²) in [7, 11) is 0. The van der Waals surface area contributed by atoms with E-state index in [0.29, 0.717) is 18.4 Å². The van der Waals surface area contributed by atoms with Gasteiger partial charge in [0.05, 0.1) is 11.7 Å². The molecule has 2 atom stereocenters. The fourth-order valence-electron chi connectivity index (χ4n) is 6.11. The van der Waals surface area contributed by atoms with Crippen LogP contribution in [0, 0.1) is 5.41 Å². The fourth-order valence-corrected chi connectivity index (χ4v) is 6.97. The highest BCUT2D eigenvalue weighted by Gasteiger charge is 2.38. The number of carbonyl (C=O) groups is 1. The van der Waals surface area contributed by atoms with Crippen molar-refractivity contribution in [3.63, 3.8) is 0 Å². The van der Waals surface area contributed by atoms with Crippen LogP contribution in [0.1, 0.15) is 110 Å². The number of hydrogen-bond acceptors (Lipinski definition) is 5. The van der Waals surface area contributed by atoms with Gasteiger partial charge in [0.15, 0.2) is 0 Å². The van der Waals surface area contributed by atoms with E-state index in [1.807, 2.05) is 41.5 Å². The third kappa shape index (κ3) is 6.77. The topological polar surface area (TPSA) is 67.9 Å². The quantitative estimate of drug-likeness (QED) is 0.464. The van der Waals surface area contributed by atoms with Crippen molar-refractivity contribution in [1.29, 1.82) is 0 Å². The zero-order valence-corrected chi connectivity index (χ0v) is 24.1. The number of ether oxygens (including phenoxy) is 1. The molecular formula is C29H47N3O3S. The van der Waals surface area contributed by atoms with E-state index in [9.17, 15) is 9.35 Å². The highest BCUT2D eigenvalue weighted by molar-refractivity contribution is 7.90. The molecule has 202 valence electrons. The van der Waals surface area contributed by atoms with Gasteiger partial charge >= 0.3 is 6.09 Å². The Kier molecular flexibility index (Phi) is 8.35. The van der Waals surface area contributed by atoms with Crippen LogP contribution in [-0.4, -0.2) is 45.5 Å². The summed E-state index contributed by atoms with van der Waals surface area (Å²) in [5.74, 6) is 0. The average molecular weight is 518 g/mol. The van der Waals surface area contributed by atoms with Gasteiger partial charge < -0.3 is 9.29 Å². The number of benzene rings is 1. The smallest absolute Gasteiger partial charge is 0.414 e. The first-order chi connectivity index (χ1) is 16.9. The summed E-state index contributed by atoms with van der Waals surface area (Å²) in [6.45, 7) is 15.5. The minimum Gasteiger partial charge on any atom is -0.598 e. The van der Waals surface area contributed by atoms with Crippen LogP contribution in [-0.2, 0) is 22.6 Å².